The van der Waals surface area contributed by atoms with E-state index in [4.69, 9.17) is 21.8 Å². The van der Waals surface area contributed by atoms with Crippen molar-refractivity contribution in [2.45, 2.75) is 55.0 Å². The summed E-state index contributed by atoms with van der Waals surface area (Å²) in [5.41, 5.74) is 23.7. The molecular formula is C101H96Al4ClGa4N33O4S2+16. The molecule has 0 aliphatic rings. The van der Waals surface area contributed by atoms with Gasteiger partial charge >= 0.3 is 149 Å². The van der Waals surface area contributed by atoms with E-state index in [1.165, 1.54) is 5.39 Å². The van der Waals surface area contributed by atoms with E-state index >= 15 is 0 Å². The molecule has 0 saturated carbocycles. The number of hydrogen-bond donors (Lipinski definition) is 2. The van der Waals surface area contributed by atoms with Gasteiger partial charge in [0.25, 0.3) is 0 Å². The second-order valence-corrected chi connectivity index (χ2v) is 36.2. The van der Waals surface area contributed by atoms with Crippen molar-refractivity contribution in [1.29, 1.82) is 0 Å². The van der Waals surface area contributed by atoms with Crippen molar-refractivity contribution in [3.05, 3.63) is 346 Å². The first-order chi connectivity index (χ1) is 68.2. The Bertz CT molecular complexity index is 8360. The number of pyridine rings is 2. The summed E-state index contributed by atoms with van der Waals surface area (Å²) in [6, 6.07) is 89.2. The molecule has 0 radical (unpaired) electrons. The third-order valence-corrected chi connectivity index (χ3v) is 23.0. The predicted octanol–water partition coefficient (Wildman–Crippen LogP) is 14.3. The van der Waals surface area contributed by atoms with Gasteiger partial charge in [-0.25, -0.2) is 21.4 Å². The van der Waals surface area contributed by atoms with Gasteiger partial charge in [-0.2, -0.15) is 5.10 Å². The molecule has 23 rings (SSSR count). The Kier molecular flexibility index (Phi) is 45.9. The van der Waals surface area contributed by atoms with Crippen LogP contribution in [0.15, 0.2) is 298 Å². The van der Waals surface area contributed by atoms with Gasteiger partial charge in [0.2, 0.25) is 0 Å². The molecule has 48 heteroatoms. The molecule has 0 atom stereocenters. The number of aromatic amines is 2. The van der Waals surface area contributed by atoms with Gasteiger partial charge in [-0.3, -0.25) is 65.9 Å². The Morgan fingerprint density at radius 2 is 0.960 bits per heavy atom. The van der Waals surface area contributed by atoms with Crippen molar-refractivity contribution >= 4 is 247 Å². The van der Waals surface area contributed by atoms with Gasteiger partial charge in [0.05, 0.1) is 76.9 Å². The number of fused-ring (bicyclic) bond motifs is 6. The van der Waals surface area contributed by atoms with Crippen LogP contribution in [0.25, 0.3) is 150 Å². The Morgan fingerprint density at radius 3 is 1.54 bits per heavy atom. The molecule has 23 aromatic rings. The van der Waals surface area contributed by atoms with Crippen LogP contribution in [0.2, 0.25) is 5.02 Å². The quantitative estimate of drug-likeness (QED) is 0.0710. The molecule has 15 aromatic heterocycles. The van der Waals surface area contributed by atoms with Crippen LogP contribution in [0.3, 0.4) is 0 Å². The van der Waals surface area contributed by atoms with Crippen LogP contribution < -0.4 is 40.4 Å². The van der Waals surface area contributed by atoms with E-state index in [2.05, 4.69) is 158 Å². The molecule has 37 nitrogen and oxygen atoms in total. The molecule has 0 spiro atoms. The van der Waals surface area contributed by atoms with E-state index in [9.17, 15) is 16.8 Å². The molecule has 716 valence electrons. The van der Waals surface area contributed by atoms with Crippen LogP contribution in [-0.2, 0) is 26.6 Å². The van der Waals surface area contributed by atoms with Crippen molar-refractivity contribution < 1.29 is 16.8 Å². The number of anilines is 2. The molecule has 15 heterocycles. The number of para-hydroxylation sites is 3. The van der Waals surface area contributed by atoms with E-state index in [0.29, 0.717) is 61.8 Å². The number of nitrogens with zero attached hydrogens (tertiary/aromatic N) is 31. The standard InChI is InChI=1S/C18H15ClN5.C18H16N5.C17H14N5O2S.C12H16N3.C10H8N5.C9H11N4.C9H8N3.C8H8N3O2S.4Al.4Ga/c1-23(2)14-11-7-6-10-13(14)16-15(19)18-21-20-17(24(18)22-16)12-8-4-3-5-9-12;1-22(2)16-11-7-6-10-14(16)15-12-17-19-20-18(23(17)21-15)13-8-4-3-5-9-13;1-25(23,24)21-14-10-6-5-9-13(14)15-11-16-18-19-17(22(16)20-15)12-7-3-2-4-8-12;1-3-15(4-2)9-12-10-7-5-6-8-11(10)13-14-12;1-7-12-13-10-6-9(14-15(7)10)8-4-2-3-5-11-8;1-6-5-9(11-10-6)13-8(3)4-7(2)12-13;1-7-6-9(12-11-7)8-4-2-3-5-10-8;1-14(12,13)11-7-4-2-3-6-5-9-10-8(6)7;;;;;;;;/h3-11H,1-2H3;3-12H,1-2H3;2-11,20H,1H3;5-8H,3-4,9H2,1-2H3;2-6H,1H3;4-5H,1-3H3;2-6H,1H3;2-5H,1H3,(H,9,10);;;;;;;;/q8*-1;8*+3. The number of aryl methyl sites for hydroxylation is 5. The molecule has 0 unspecified atom stereocenters. The summed E-state index contributed by atoms with van der Waals surface area (Å²) in [5, 5.41) is 87.9. The van der Waals surface area contributed by atoms with E-state index in [1.54, 1.807) is 65.6 Å². The Hall–Kier alpha value is -12.6. The summed E-state index contributed by atoms with van der Waals surface area (Å²) in [7, 11) is 1.19. The van der Waals surface area contributed by atoms with E-state index in [0.717, 1.165) is 168 Å². The molecule has 0 saturated heterocycles. The Morgan fingerprint density at radius 1 is 0.436 bits per heavy atom. The van der Waals surface area contributed by atoms with Crippen LogP contribution in [0.4, 0.5) is 22.7 Å². The first-order valence-corrected chi connectivity index (χ1v) is 48.5. The maximum absolute atomic E-state index is 11.5. The third-order valence-electron chi connectivity index (χ3n) is 21.6. The van der Waals surface area contributed by atoms with Crippen LogP contribution >= 0.6 is 11.6 Å². The van der Waals surface area contributed by atoms with Crippen LogP contribution in [0.1, 0.15) is 48.1 Å². The van der Waals surface area contributed by atoms with Gasteiger partial charge in [0.1, 0.15) is 0 Å². The zero-order valence-electron chi connectivity index (χ0n) is 83.7. The van der Waals surface area contributed by atoms with E-state index < -0.39 is 20.0 Å². The van der Waals surface area contributed by atoms with Crippen LogP contribution in [0, 0.1) is 34.6 Å². The molecule has 0 amide bonds. The fraction of sp³-hybridized carbons (Fsp3) is 0.158. The zero-order chi connectivity index (χ0) is 98.9. The Labute approximate surface area is 960 Å². The van der Waals surface area contributed by atoms with Crippen molar-refractivity contribution in [3.63, 3.8) is 0 Å². The molecule has 0 aliphatic carbocycles. The maximum atomic E-state index is 11.5. The van der Waals surface area contributed by atoms with Crippen molar-refractivity contribution in [3.8, 4) is 96.5 Å². The number of benzene rings is 8. The second kappa shape index (κ2) is 56.3. The summed E-state index contributed by atoms with van der Waals surface area (Å²) in [4.78, 5) is 14.9. The molecule has 0 fully saturated rings. The number of H-pyrrole nitrogens is 2. The van der Waals surface area contributed by atoms with E-state index in [1.807, 2.05) is 304 Å². The van der Waals surface area contributed by atoms with Crippen LogP contribution in [0.5, 0.6) is 0 Å². The summed E-state index contributed by atoms with van der Waals surface area (Å²) < 4.78 is 61.2. The summed E-state index contributed by atoms with van der Waals surface area (Å²) in [5.74, 6) is 3.70. The third kappa shape index (κ3) is 30.6. The first-order valence-electron chi connectivity index (χ1n) is 44.4. The summed E-state index contributed by atoms with van der Waals surface area (Å²) in [6.07, 6.45) is 7.25. The number of rotatable bonds is 19. The van der Waals surface area contributed by atoms with Gasteiger partial charge < -0.3 is 78.3 Å². The minimum Gasteiger partial charge on any atom is -0.577 e. The average molecular weight is 2320 g/mol. The normalized spacial score (nSPS) is 10.6. The second-order valence-electron chi connectivity index (χ2n) is 32.5. The number of hydrogen-bond acceptors (Lipinski definition) is 22. The minimum absolute atomic E-state index is 0. The van der Waals surface area contributed by atoms with Gasteiger partial charge in [0.15, 0.2) is 11.5 Å². The van der Waals surface area contributed by atoms with Gasteiger partial charge in [-0.05, 0) is 153 Å². The van der Waals surface area contributed by atoms with Crippen molar-refractivity contribution in [1.82, 2.24) is 145 Å². The Balaban J connectivity index is 0.000000209. The number of aromatic nitrogens is 28. The van der Waals surface area contributed by atoms with Crippen molar-refractivity contribution in [2.24, 2.45) is 0 Å². The first kappa shape index (κ1) is 122. The minimum atomic E-state index is -3.50. The fourth-order valence-corrected chi connectivity index (χ4v) is 16.2. The zero-order valence-corrected chi connectivity index (χ0v) is 100. The van der Waals surface area contributed by atoms with Gasteiger partial charge in [-0.15, -0.1) is 27.1 Å². The summed E-state index contributed by atoms with van der Waals surface area (Å²) >= 11 is 6.56. The number of nitrogens with one attached hydrogen (secondary N) is 2. The fourth-order valence-electron chi connectivity index (χ4n) is 14.9. The summed E-state index contributed by atoms with van der Waals surface area (Å²) in [6.45, 7) is 17.0. The maximum Gasteiger partial charge on any atom is 3.00 e. The van der Waals surface area contributed by atoms with Gasteiger partial charge in [-0.1, -0.05) is 243 Å². The van der Waals surface area contributed by atoms with Crippen LogP contribution in [-0.4, -0.2) is 333 Å². The molecule has 0 bridgehead atoms. The monoisotopic (exact) mass is 2320 g/mol. The molecule has 8 aromatic carbocycles. The number of halogens is 1. The molecular weight excluding hydrogens is 2230 g/mol. The smallest absolute Gasteiger partial charge is 0.577 e. The van der Waals surface area contributed by atoms with Crippen molar-refractivity contribution in [2.75, 3.05) is 63.6 Å². The van der Waals surface area contributed by atoms with Gasteiger partial charge in [0, 0.05) is 139 Å². The van der Waals surface area contributed by atoms with E-state index in [-0.39, 0.29) is 149 Å². The predicted molar refractivity (Wildman–Crippen MR) is 594 cm³/mol. The largest absolute Gasteiger partial charge is 3.00 e. The topological polar surface area (TPSA) is 438 Å². The number of sulfonamides is 2. The molecule has 0 aliphatic heterocycles. The molecule has 2 N–H and O–H groups in total. The SMILES string of the molecule is CCN(CC)Cc1n[n-]c2ccccc12.CN(C)c1ccccc1-c1cc2[n-]nc(-c3ccccc3)n2n1.CN(C)c1ccccc1-c1nn2c(-c3ccccc3)n[n-]c2c1Cl.CS(=O)(=O)[N-]c1cccc2cn[nH]c12.CS(=O)(=O)[N-]c1ccccc1-c1cc2nnc(-c3ccccc3)n2[nH]1.Cc1cc(-c2ccccn2)[n-]n1.Cc1cc(-n2nc(C)cc2C)[n-]n1.Cc1n[n-]c2cc(-c3ccccn3)nn12.[Al+3].[Al+3].[Al+3].[Al+3].[Ga+3].[Ga+3].[Ga+3].[Ga+3]. The molecule has 149 heavy (non-hydrogen) atoms. The average Bonchev–Trinajstić information content (AvgIpc) is 1.69.